The Bertz CT molecular complexity index is 321. The number of likely N-dealkylation sites (N-methyl/N-ethyl adjacent to an activating group) is 1. The predicted octanol–water partition coefficient (Wildman–Crippen LogP) is 0.944. The Morgan fingerprint density at radius 3 is 2.43 bits per heavy atom. The van der Waals surface area contributed by atoms with Crippen LogP contribution in [0.2, 0.25) is 0 Å². The number of carbonyl (C=O) groups is 1. The molecule has 0 saturated carbocycles. The van der Waals surface area contributed by atoms with Gasteiger partial charge in [0, 0.05) is 52.5 Å². The molecule has 2 aliphatic heterocycles. The molecule has 21 heavy (non-hydrogen) atoms. The minimum absolute atomic E-state index is 0.206. The zero-order valence-electron chi connectivity index (χ0n) is 13.8. The van der Waals surface area contributed by atoms with E-state index < -0.39 is 0 Å². The SMILES string of the molecule is CC(NC1CCN(CC(=O)N(C)C)CC1)C1CCOCC1. The standard InChI is InChI=1S/C16H31N3O2/c1-13(14-6-10-21-11-7-14)17-15-4-8-19(9-5-15)12-16(20)18(2)3/h13-15,17H,4-12H2,1-3H3. The van der Waals surface area contributed by atoms with Gasteiger partial charge in [-0.3, -0.25) is 9.69 Å². The molecule has 1 atom stereocenters. The van der Waals surface area contributed by atoms with Crippen LogP contribution in [0.25, 0.3) is 0 Å². The number of ether oxygens (including phenoxy) is 1. The van der Waals surface area contributed by atoms with E-state index in [4.69, 9.17) is 4.74 Å². The number of carbonyl (C=O) groups excluding carboxylic acids is 1. The van der Waals surface area contributed by atoms with Gasteiger partial charge in [0.15, 0.2) is 0 Å². The van der Waals surface area contributed by atoms with E-state index in [1.54, 1.807) is 4.90 Å². The third-order valence-electron chi connectivity index (χ3n) is 4.92. The number of piperidine rings is 1. The number of hydrogen-bond donors (Lipinski definition) is 1. The van der Waals surface area contributed by atoms with Crippen LogP contribution in [0.3, 0.4) is 0 Å². The molecule has 1 unspecified atom stereocenters. The van der Waals surface area contributed by atoms with E-state index in [0.717, 1.165) is 45.1 Å². The molecule has 0 aromatic carbocycles. The normalized spacial score (nSPS) is 24.0. The fourth-order valence-electron chi connectivity index (χ4n) is 3.31. The van der Waals surface area contributed by atoms with Crippen LogP contribution in [0.15, 0.2) is 0 Å². The molecule has 5 nitrogen and oxygen atoms in total. The van der Waals surface area contributed by atoms with Gasteiger partial charge < -0.3 is 15.0 Å². The number of nitrogens with zero attached hydrogens (tertiary/aromatic N) is 2. The van der Waals surface area contributed by atoms with Gasteiger partial charge in [-0.1, -0.05) is 0 Å². The average Bonchev–Trinajstić information content (AvgIpc) is 2.50. The lowest BCUT2D eigenvalue weighted by atomic mass is 9.91. The van der Waals surface area contributed by atoms with Gasteiger partial charge in [0.25, 0.3) is 0 Å². The van der Waals surface area contributed by atoms with E-state index >= 15 is 0 Å². The summed E-state index contributed by atoms with van der Waals surface area (Å²) in [7, 11) is 3.65. The fraction of sp³-hybridized carbons (Fsp3) is 0.938. The van der Waals surface area contributed by atoms with Crippen LogP contribution in [0, 0.1) is 5.92 Å². The molecule has 0 radical (unpaired) electrons. The predicted molar refractivity (Wildman–Crippen MR) is 84.3 cm³/mol. The van der Waals surface area contributed by atoms with Crippen LogP contribution in [-0.4, -0.2) is 74.7 Å². The Balaban J connectivity index is 1.67. The van der Waals surface area contributed by atoms with E-state index in [9.17, 15) is 4.79 Å². The van der Waals surface area contributed by atoms with Gasteiger partial charge in [-0.25, -0.2) is 0 Å². The van der Waals surface area contributed by atoms with Crippen molar-refractivity contribution >= 4 is 5.91 Å². The molecule has 1 N–H and O–H groups in total. The molecule has 2 saturated heterocycles. The molecular weight excluding hydrogens is 266 g/mol. The molecular formula is C16H31N3O2. The summed E-state index contributed by atoms with van der Waals surface area (Å²) >= 11 is 0. The summed E-state index contributed by atoms with van der Waals surface area (Å²) in [5, 5.41) is 3.81. The highest BCUT2D eigenvalue weighted by Gasteiger charge is 2.26. The summed E-state index contributed by atoms with van der Waals surface area (Å²) in [6.45, 7) is 6.77. The van der Waals surface area contributed by atoms with E-state index in [1.165, 1.54) is 12.8 Å². The van der Waals surface area contributed by atoms with Gasteiger partial charge in [-0.15, -0.1) is 0 Å². The monoisotopic (exact) mass is 297 g/mol. The Morgan fingerprint density at radius 1 is 1.24 bits per heavy atom. The topological polar surface area (TPSA) is 44.8 Å². The Labute approximate surface area is 129 Å². The second kappa shape index (κ2) is 8.11. The van der Waals surface area contributed by atoms with Crippen molar-refractivity contribution in [2.24, 2.45) is 5.92 Å². The Morgan fingerprint density at radius 2 is 1.86 bits per heavy atom. The van der Waals surface area contributed by atoms with Crippen molar-refractivity contribution in [2.75, 3.05) is 46.9 Å². The number of nitrogens with one attached hydrogen (secondary N) is 1. The summed E-state index contributed by atoms with van der Waals surface area (Å²) in [6, 6.07) is 1.18. The van der Waals surface area contributed by atoms with Crippen LogP contribution in [0.1, 0.15) is 32.6 Å². The van der Waals surface area contributed by atoms with Gasteiger partial charge in [-0.2, -0.15) is 0 Å². The molecule has 2 heterocycles. The lowest BCUT2D eigenvalue weighted by molar-refractivity contribution is -0.130. The zero-order valence-corrected chi connectivity index (χ0v) is 13.8. The van der Waals surface area contributed by atoms with Crippen molar-refractivity contribution in [1.82, 2.24) is 15.1 Å². The molecule has 0 bridgehead atoms. The lowest BCUT2D eigenvalue weighted by Crippen LogP contribution is -2.49. The first kappa shape index (κ1) is 16.7. The number of amides is 1. The van der Waals surface area contributed by atoms with Crippen LogP contribution in [-0.2, 0) is 9.53 Å². The maximum atomic E-state index is 11.7. The molecule has 122 valence electrons. The van der Waals surface area contributed by atoms with Gasteiger partial charge >= 0.3 is 0 Å². The summed E-state index contributed by atoms with van der Waals surface area (Å²) < 4.78 is 5.44. The molecule has 0 spiro atoms. The van der Waals surface area contributed by atoms with Crippen molar-refractivity contribution in [3.8, 4) is 0 Å². The maximum Gasteiger partial charge on any atom is 0.236 e. The highest BCUT2D eigenvalue weighted by Crippen LogP contribution is 2.20. The first-order valence-electron chi connectivity index (χ1n) is 8.32. The molecule has 2 fully saturated rings. The van der Waals surface area contributed by atoms with Crippen molar-refractivity contribution in [1.29, 1.82) is 0 Å². The second-order valence-corrected chi connectivity index (χ2v) is 6.74. The number of hydrogen-bond acceptors (Lipinski definition) is 4. The molecule has 2 aliphatic rings. The van der Waals surface area contributed by atoms with Gasteiger partial charge in [0.05, 0.1) is 6.54 Å². The summed E-state index contributed by atoms with van der Waals surface area (Å²) in [4.78, 5) is 15.7. The first-order chi connectivity index (χ1) is 10.1. The van der Waals surface area contributed by atoms with Crippen molar-refractivity contribution in [3.63, 3.8) is 0 Å². The highest BCUT2D eigenvalue weighted by atomic mass is 16.5. The van der Waals surface area contributed by atoms with Crippen LogP contribution < -0.4 is 5.32 Å². The van der Waals surface area contributed by atoms with E-state index in [0.29, 0.717) is 18.6 Å². The van der Waals surface area contributed by atoms with Crippen LogP contribution in [0.5, 0.6) is 0 Å². The molecule has 2 rings (SSSR count). The molecule has 0 aromatic rings. The van der Waals surface area contributed by atoms with Crippen molar-refractivity contribution in [3.05, 3.63) is 0 Å². The number of rotatable bonds is 5. The Hall–Kier alpha value is -0.650. The zero-order chi connectivity index (χ0) is 15.2. The third-order valence-corrected chi connectivity index (χ3v) is 4.92. The minimum Gasteiger partial charge on any atom is -0.381 e. The van der Waals surface area contributed by atoms with Crippen molar-refractivity contribution in [2.45, 2.75) is 44.7 Å². The van der Waals surface area contributed by atoms with Gasteiger partial charge in [0.1, 0.15) is 0 Å². The Kier molecular flexibility index (Phi) is 6.45. The summed E-state index contributed by atoms with van der Waals surface area (Å²) in [5.41, 5.74) is 0. The quantitative estimate of drug-likeness (QED) is 0.820. The smallest absolute Gasteiger partial charge is 0.236 e. The molecule has 0 aromatic heterocycles. The van der Waals surface area contributed by atoms with E-state index in [2.05, 4.69) is 17.1 Å². The molecule has 5 heteroatoms. The van der Waals surface area contributed by atoms with E-state index in [1.807, 2.05) is 14.1 Å². The molecule has 1 amide bonds. The summed E-state index contributed by atoms with van der Waals surface area (Å²) in [6.07, 6.45) is 4.66. The average molecular weight is 297 g/mol. The molecule has 0 aliphatic carbocycles. The largest absolute Gasteiger partial charge is 0.381 e. The van der Waals surface area contributed by atoms with Gasteiger partial charge in [0.2, 0.25) is 5.91 Å². The van der Waals surface area contributed by atoms with Crippen LogP contribution >= 0.6 is 0 Å². The fourth-order valence-corrected chi connectivity index (χ4v) is 3.31. The number of likely N-dealkylation sites (tertiary alicyclic amines) is 1. The lowest BCUT2D eigenvalue weighted by Gasteiger charge is -2.36. The first-order valence-corrected chi connectivity index (χ1v) is 8.32. The van der Waals surface area contributed by atoms with Gasteiger partial charge in [-0.05, 0) is 38.5 Å². The van der Waals surface area contributed by atoms with E-state index in [-0.39, 0.29) is 5.91 Å². The minimum atomic E-state index is 0.206. The second-order valence-electron chi connectivity index (χ2n) is 6.74. The van der Waals surface area contributed by atoms with Crippen LogP contribution in [0.4, 0.5) is 0 Å². The highest BCUT2D eigenvalue weighted by molar-refractivity contribution is 5.77. The van der Waals surface area contributed by atoms with Crippen molar-refractivity contribution < 1.29 is 9.53 Å². The summed E-state index contributed by atoms with van der Waals surface area (Å²) in [5.74, 6) is 0.962. The maximum absolute atomic E-state index is 11.7. The third kappa shape index (κ3) is 5.24.